The summed E-state index contributed by atoms with van der Waals surface area (Å²) in [5.74, 6) is 0.447. The van der Waals surface area contributed by atoms with Gasteiger partial charge in [0.25, 0.3) is 5.91 Å². The zero-order valence-electron chi connectivity index (χ0n) is 19.4. The van der Waals surface area contributed by atoms with Gasteiger partial charge >= 0.3 is 6.09 Å². The number of nitrogens with one attached hydrogen (secondary N) is 1. The lowest BCUT2D eigenvalue weighted by atomic mass is 9.99. The summed E-state index contributed by atoms with van der Waals surface area (Å²) in [6.45, 7) is 7.05. The highest BCUT2D eigenvalue weighted by molar-refractivity contribution is 5.94. The molecule has 1 aromatic heterocycles. The van der Waals surface area contributed by atoms with Crippen LogP contribution in [0.15, 0.2) is 36.5 Å². The second-order valence-electron chi connectivity index (χ2n) is 9.26. The Kier molecular flexibility index (Phi) is 6.93. The average molecular weight is 457 g/mol. The summed E-state index contributed by atoms with van der Waals surface area (Å²) >= 11 is 0. The van der Waals surface area contributed by atoms with Gasteiger partial charge in [0.05, 0.1) is 24.4 Å². The molecule has 1 aromatic carbocycles. The maximum Gasteiger partial charge on any atom is 0.409 e. The molecule has 0 bridgehead atoms. The minimum atomic E-state index is -0.455. The molecule has 7 nitrogen and oxygen atoms in total. The van der Waals surface area contributed by atoms with Crippen LogP contribution in [0.1, 0.15) is 54.1 Å². The fraction of sp³-hybridized carbons (Fsp3) is 0.480. The molecule has 0 spiro atoms. The number of fused-ring (bicyclic) bond motifs is 1. The molecule has 0 saturated carbocycles. The fourth-order valence-corrected chi connectivity index (χ4v) is 4.70. The molecule has 2 aliphatic heterocycles. The summed E-state index contributed by atoms with van der Waals surface area (Å²) < 4.78 is 17.5. The molecule has 33 heavy (non-hydrogen) atoms. The largest absolute Gasteiger partial charge is 0.453 e. The van der Waals surface area contributed by atoms with Gasteiger partial charge in [-0.15, -0.1) is 0 Å². The van der Waals surface area contributed by atoms with Crippen LogP contribution in [0.5, 0.6) is 0 Å². The Labute approximate surface area is 195 Å². The monoisotopic (exact) mass is 456 g/mol. The number of halogens is 1. The molecule has 1 N–H and O–H groups in total. The maximum absolute atomic E-state index is 12.8. The molecule has 1 saturated heterocycles. The van der Waals surface area contributed by atoms with Crippen LogP contribution in [0.4, 0.5) is 9.18 Å². The Morgan fingerprint density at radius 3 is 2.58 bits per heavy atom. The number of carbonyl (C=O) groups excluding carboxylic acids is 2. The first-order valence-electron chi connectivity index (χ1n) is 11.4. The van der Waals surface area contributed by atoms with E-state index in [2.05, 4.69) is 29.0 Å². The number of aromatic nitrogens is 1. The third kappa shape index (κ3) is 5.00. The molecule has 0 aliphatic carbocycles. The van der Waals surface area contributed by atoms with E-state index < -0.39 is 6.67 Å². The molecule has 0 unspecified atom stereocenters. The topological polar surface area (TPSA) is 74.8 Å². The lowest BCUT2D eigenvalue weighted by Crippen LogP contribution is -2.53. The van der Waals surface area contributed by atoms with E-state index in [4.69, 9.17) is 4.74 Å². The predicted molar refractivity (Wildman–Crippen MR) is 124 cm³/mol. The van der Waals surface area contributed by atoms with Crippen molar-refractivity contribution < 1.29 is 20.1 Å². The number of likely N-dealkylation sites (tertiary alicyclic amines) is 1. The van der Waals surface area contributed by atoms with Crippen molar-refractivity contribution in [2.75, 3.05) is 26.7 Å². The quantitative estimate of drug-likeness (QED) is 0.683. The number of pyridine rings is 1. The highest BCUT2D eigenvalue weighted by Gasteiger charge is 2.35. The number of nitrogens with zero attached hydrogens (tertiary/aromatic N) is 3. The van der Waals surface area contributed by atoms with E-state index in [1.807, 2.05) is 30.3 Å². The standard InChI is InChI=1S/C25H31FN4O3.H2/c1-16(2)23-22-21(15-29(23)12-18-6-4-17(9-26)5-7-18)8-20(11-27-22)24(31)28-10-19-13-30(14-19)25(32)33-3;/h4-8,11,16,19,23H,9-10,12-15H2,1-3H3,(H,28,31);1H/t23-;/m0./s1. The van der Waals surface area contributed by atoms with Crippen LogP contribution >= 0.6 is 0 Å². The van der Waals surface area contributed by atoms with Crippen molar-refractivity contribution >= 4 is 12.0 Å². The molecule has 8 heteroatoms. The minimum Gasteiger partial charge on any atom is -0.453 e. The van der Waals surface area contributed by atoms with Gasteiger partial charge in [-0.05, 0) is 28.7 Å². The summed E-state index contributed by atoms with van der Waals surface area (Å²) in [5, 5.41) is 2.96. The van der Waals surface area contributed by atoms with Crippen LogP contribution in [0, 0.1) is 11.8 Å². The molecular weight excluding hydrogens is 423 g/mol. The second-order valence-corrected chi connectivity index (χ2v) is 9.26. The maximum atomic E-state index is 12.8. The molecule has 2 aromatic rings. The molecule has 1 atom stereocenters. The summed E-state index contributed by atoms with van der Waals surface area (Å²) in [6, 6.07) is 9.72. The van der Waals surface area contributed by atoms with Gasteiger partial charge in [0, 0.05) is 46.3 Å². The summed E-state index contributed by atoms with van der Waals surface area (Å²) in [4.78, 5) is 32.8. The summed E-state index contributed by atoms with van der Waals surface area (Å²) in [6.07, 6.45) is 1.33. The Bertz CT molecular complexity index is 1010. The molecular formula is C25H33FN4O3. The number of ether oxygens (including phenoxy) is 1. The van der Waals surface area contributed by atoms with Crippen molar-refractivity contribution in [3.05, 3.63) is 64.5 Å². The van der Waals surface area contributed by atoms with Gasteiger partial charge < -0.3 is 15.0 Å². The van der Waals surface area contributed by atoms with Crippen LogP contribution in [0.3, 0.4) is 0 Å². The second kappa shape index (κ2) is 9.87. The number of amides is 2. The van der Waals surface area contributed by atoms with E-state index in [0.717, 1.165) is 23.4 Å². The molecule has 178 valence electrons. The molecule has 2 aliphatic rings. The highest BCUT2D eigenvalue weighted by atomic mass is 19.1. The Morgan fingerprint density at radius 1 is 1.24 bits per heavy atom. The van der Waals surface area contributed by atoms with Crippen LogP contribution in [-0.4, -0.2) is 53.5 Å². The number of carbonyl (C=O) groups is 2. The highest BCUT2D eigenvalue weighted by Crippen LogP contribution is 2.38. The van der Waals surface area contributed by atoms with Gasteiger partial charge in [-0.1, -0.05) is 38.1 Å². The normalized spacial score (nSPS) is 18.2. The summed E-state index contributed by atoms with van der Waals surface area (Å²) in [5.41, 5.74) is 4.46. The van der Waals surface area contributed by atoms with Crippen molar-refractivity contribution in [2.45, 2.75) is 39.7 Å². The summed E-state index contributed by atoms with van der Waals surface area (Å²) in [7, 11) is 1.37. The van der Waals surface area contributed by atoms with Crippen molar-refractivity contribution in [2.24, 2.45) is 11.8 Å². The smallest absolute Gasteiger partial charge is 0.409 e. The molecule has 0 radical (unpaired) electrons. The van der Waals surface area contributed by atoms with E-state index in [1.54, 1.807) is 11.1 Å². The van der Waals surface area contributed by atoms with Crippen molar-refractivity contribution in [1.29, 1.82) is 0 Å². The molecule has 1 fully saturated rings. The van der Waals surface area contributed by atoms with Crippen molar-refractivity contribution in [3.8, 4) is 0 Å². The molecule has 2 amide bonds. The number of alkyl halides is 1. The molecule has 3 heterocycles. The van der Waals surface area contributed by atoms with Gasteiger partial charge in [-0.2, -0.15) is 0 Å². The van der Waals surface area contributed by atoms with E-state index in [9.17, 15) is 14.0 Å². The average Bonchev–Trinajstić information content (AvgIpc) is 3.15. The van der Waals surface area contributed by atoms with E-state index in [0.29, 0.717) is 43.2 Å². The van der Waals surface area contributed by atoms with Crippen LogP contribution in [0.25, 0.3) is 0 Å². The third-order valence-corrected chi connectivity index (χ3v) is 6.45. The van der Waals surface area contributed by atoms with Crippen LogP contribution < -0.4 is 5.32 Å². The Hall–Kier alpha value is -3.00. The van der Waals surface area contributed by atoms with Gasteiger partial charge in [0.15, 0.2) is 0 Å². The van der Waals surface area contributed by atoms with Crippen LogP contribution in [-0.2, 0) is 24.5 Å². The van der Waals surface area contributed by atoms with Gasteiger partial charge in [-0.25, -0.2) is 9.18 Å². The number of rotatable bonds is 7. The Balaban J connectivity index is 0.00000324. The van der Waals surface area contributed by atoms with Crippen molar-refractivity contribution in [1.82, 2.24) is 20.1 Å². The lowest BCUT2D eigenvalue weighted by molar-refractivity contribution is 0.0656. The first-order chi connectivity index (χ1) is 15.9. The lowest BCUT2D eigenvalue weighted by Gasteiger charge is -2.37. The van der Waals surface area contributed by atoms with Gasteiger partial charge in [-0.3, -0.25) is 14.7 Å². The number of hydrogen-bond donors (Lipinski definition) is 1. The first kappa shape index (κ1) is 23.2. The van der Waals surface area contributed by atoms with Crippen LogP contribution in [0.2, 0.25) is 0 Å². The van der Waals surface area contributed by atoms with E-state index in [1.165, 1.54) is 7.11 Å². The first-order valence-corrected chi connectivity index (χ1v) is 11.4. The molecule has 4 rings (SSSR count). The zero-order valence-corrected chi connectivity index (χ0v) is 19.4. The number of hydrogen-bond acceptors (Lipinski definition) is 5. The zero-order chi connectivity index (χ0) is 23.5. The third-order valence-electron chi connectivity index (χ3n) is 6.45. The fourth-order valence-electron chi connectivity index (χ4n) is 4.70. The minimum absolute atomic E-state index is 0. The van der Waals surface area contributed by atoms with E-state index in [-0.39, 0.29) is 25.4 Å². The SMILES string of the molecule is COC(=O)N1CC(CNC(=O)c2cnc3c(c2)CN(Cc2ccc(CF)cc2)[C@H]3C(C)C)C1.[HH]. The van der Waals surface area contributed by atoms with E-state index >= 15 is 0 Å². The number of methoxy groups -OCH3 is 1. The Morgan fingerprint density at radius 2 is 1.94 bits per heavy atom. The predicted octanol–water partition coefficient (Wildman–Crippen LogP) is 3.94. The van der Waals surface area contributed by atoms with Gasteiger partial charge in [0.2, 0.25) is 0 Å². The van der Waals surface area contributed by atoms with Crippen molar-refractivity contribution in [3.63, 3.8) is 0 Å². The van der Waals surface area contributed by atoms with Gasteiger partial charge in [0.1, 0.15) is 6.67 Å². The number of benzene rings is 1.